The molecule has 0 aliphatic heterocycles. The zero-order valence-corrected chi connectivity index (χ0v) is 8.17. The first kappa shape index (κ1) is 12.3. The summed E-state index contributed by atoms with van der Waals surface area (Å²) < 4.78 is 22.8. The number of hydrogen-bond acceptors (Lipinski definition) is 3. The third-order valence-corrected chi connectivity index (χ3v) is 2.15. The number of nitrogens with one attached hydrogen (secondary N) is 1. The molecule has 0 aliphatic rings. The number of carboxylic acids is 1. The highest BCUT2D eigenvalue weighted by atomic mass is 32.2. The SMILES string of the molecule is CC(CCCNS(N)(=O)=O)C(=O)O. The predicted octanol–water partition coefficient (Wildman–Crippen LogP) is -0.720. The third kappa shape index (κ3) is 7.69. The van der Waals surface area contributed by atoms with Crippen molar-refractivity contribution in [1.82, 2.24) is 4.72 Å². The molecule has 0 aliphatic carbocycles. The summed E-state index contributed by atoms with van der Waals surface area (Å²) >= 11 is 0. The number of aliphatic carboxylic acids is 1. The normalized spacial score (nSPS) is 14.0. The van der Waals surface area contributed by atoms with Crippen molar-refractivity contribution in [2.75, 3.05) is 6.54 Å². The van der Waals surface area contributed by atoms with Crippen molar-refractivity contribution in [3.05, 3.63) is 0 Å². The Morgan fingerprint density at radius 3 is 2.54 bits per heavy atom. The van der Waals surface area contributed by atoms with E-state index < -0.39 is 22.1 Å². The lowest BCUT2D eigenvalue weighted by molar-refractivity contribution is -0.141. The van der Waals surface area contributed by atoms with Crippen LogP contribution in [0.25, 0.3) is 0 Å². The zero-order valence-electron chi connectivity index (χ0n) is 7.36. The summed E-state index contributed by atoms with van der Waals surface area (Å²) in [6, 6.07) is 0. The van der Waals surface area contributed by atoms with Crippen molar-refractivity contribution in [2.24, 2.45) is 11.1 Å². The van der Waals surface area contributed by atoms with Crippen LogP contribution in [0.15, 0.2) is 0 Å². The Kier molecular flexibility index (Phi) is 4.89. The minimum Gasteiger partial charge on any atom is -0.481 e. The van der Waals surface area contributed by atoms with Crippen LogP contribution in [-0.4, -0.2) is 26.0 Å². The molecule has 0 spiro atoms. The van der Waals surface area contributed by atoms with Gasteiger partial charge in [0, 0.05) is 6.54 Å². The first-order chi connectivity index (χ1) is 5.83. The Hall–Kier alpha value is -0.660. The van der Waals surface area contributed by atoms with Crippen molar-refractivity contribution >= 4 is 16.2 Å². The van der Waals surface area contributed by atoms with Gasteiger partial charge in [-0.2, -0.15) is 8.42 Å². The molecule has 0 radical (unpaired) electrons. The van der Waals surface area contributed by atoms with Crippen LogP contribution in [0, 0.1) is 5.92 Å². The van der Waals surface area contributed by atoms with Crippen LogP contribution >= 0.6 is 0 Å². The molecule has 0 bridgehead atoms. The Morgan fingerprint density at radius 1 is 1.62 bits per heavy atom. The highest BCUT2D eigenvalue weighted by Crippen LogP contribution is 2.03. The molecule has 4 N–H and O–H groups in total. The third-order valence-electron chi connectivity index (χ3n) is 1.54. The second kappa shape index (κ2) is 5.15. The summed E-state index contributed by atoms with van der Waals surface area (Å²) in [7, 11) is -3.64. The van der Waals surface area contributed by atoms with Gasteiger partial charge in [0.2, 0.25) is 0 Å². The average molecular weight is 210 g/mol. The van der Waals surface area contributed by atoms with Gasteiger partial charge in [-0.05, 0) is 12.8 Å². The summed E-state index contributed by atoms with van der Waals surface area (Å²) in [5.74, 6) is -1.34. The molecule has 0 fully saturated rings. The van der Waals surface area contributed by atoms with E-state index in [1.807, 2.05) is 0 Å². The Morgan fingerprint density at radius 2 is 2.15 bits per heavy atom. The first-order valence-corrected chi connectivity index (χ1v) is 5.38. The summed E-state index contributed by atoms with van der Waals surface area (Å²) in [6.07, 6.45) is 0.891. The Balaban J connectivity index is 3.53. The maximum absolute atomic E-state index is 10.4. The van der Waals surface area contributed by atoms with Crippen LogP contribution in [-0.2, 0) is 15.0 Å². The molecule has 6 nitrogen and oxygen atoms in total. The fourth-order valence-electron chi connectivity index (χ4n) is 0.746. The van der Waals surface area contributed by atoms with E-state index in [2.05, 4.69) is 9.86 Å². The van der Waals surface area contributed by atoms with Crippen LogP contribution in [0.1, 0.15) is 19.8 Å². The largest absolute Gasteiger partial charge is 0.481 e. The molecule has 0 heterocycles. The van der Waals surface area contributed by atoms with Crippen molar-refractivity contribution in [3.8, 4) is 0 Å². The molecule has 0 saturated carbocycles. The van der Waals surface area contributed by atoms with Gasteiger partial charge in [0.05, 0.1) is 5.92 Å². The molecule has 7 heteroatoms. The molecule has 78 valence electrons. The van der Waals surface area contributed by atoms with Gasteiger partial charge >= 0.3 is 5.97 Å². The molecule has 0 aromatic heterocycles. The number of rotatable bonds is 6. The quantitative estimate of drug-likeness (QED) is 0.502. The van der Waals surface area contributed by atoms with Crippen LogP contribution in [0.4, 0.5) is 0 Å². The van der Waals surface area contributed by atoms with E-state index in [4.69, 9.17) is 5.11 Å². The number of nitrogens with two attached hydrogens (primary N) is 1. The van der Waals surface area contributed by atoms with E-state index >= 15 is 0 Å². The zero-order chi connectivity index (χ0) is 10.5. The molecule has 0 rings (SSSR count). The molecule has 1 atom stereocenters. The van der Waals surface area contributed by atoms with Gasteiger partial charge in [0.25, 0.3) is 10.2 Å². The maximum Gasteiger partial charge on any atom is 0.306 e. The molecular formula is C6H14N2O4S. The minimum absolute atomic E-state index is 0.177. The summed E-state index contributed by atoms with van der Waals surface area (Å²) in [4.78, 5) is 10.3. The molecule has 0 amide bonds. The summed E-state index contributed by atoms with van der Waals surface area (Å²) in [5.41, 5.74) is 0. The molecular weight excluding hydrogens is 196 g/mol. The van der Waals surface area contributed by atoms with Crippen LogP contribution in [0.3, 0.4) is 0 Å². The summed E-state index contributed by atoms with van der Waals surface area (Å²) in [6.45, 7) is 1.75. The van der Waals surface area contributed by atoms with Gasteiger partial charge in [-0.15, -0.1) is 0 Å². The van der Waals surface area contributed by atoms with Gasteiger partial charge in [0.15, 0.2) is 0 Å². The smallest absolute Gasteiger partial charge is 0.306 e. The number of carboxylic acid groups (broad SMARTS) is 1. The van der Waals surface area contributed by atoms with Crippen LogP contribution in [0.2, 0.25) is 0 Å². The van der Waals surface area contributed by atoms with Crippen molar-refractivity contribution in [3.63, 3.8) is 0 Å². The minimum atomic E-state index is -3.64. The lowest BCUT2D eigenvalue weighted by atomic mass is 10.1. The fourth-order valence-corrected chi connectivity index (χ4v) is 1.18. The topological polar surface area (TPSA) is 109 Å². The van der Waals surface area contributed by atoms with Crippen molar-refractivity contribution in [2.45, 2.75) is 19.8 Å². The number of hydrogen-bond donors (Lipinski definition) is 3. The van der Waals surface area contributed by atoms with Gasteiger partial charge in [0.1, 0.15) is 0 Å². The maximum atomic E-state index is 10.4. The van der Waals surface area contributed by atoms with E-state index in [9.17, 15) is 13.2 Å². The van der Waals surface area contributed by atoms with E-state index in [0.29, 0.717) is 12.8 Å². The lowest BCUT2D eigenvalue weighted by Gasteiger charge is -2.05. The van der Waals surface area contributed by atoms with Gasteiger partial charge in [-0.1, -0.05) is 6.92 Å². The highest BCUT2D eigenvalue weighted by Gasteiger charge is 2.10. The van der Waals surface area contributed by atoms with Gasteiger partial charge in [-0.3, -0.25) is 4.79 Å². The van der Waals surface area contributed by atoms with E-state index in [0.717, 1.165) is 0 Å². The van der Waals surface area contributed by atoms with Crippen LogP contribution < -0.4 is 9.86 Å². The molecule has 0 aromatic carbocycles. The predicted molar refractivity (Wildman–Crippen MR) is 47.1 cm³/mol. The van der Waals surface area contributed by atoms with Crippen LogP contribution in [0.5, 0.6) is 0 Å². The summed E-state index contributed by atoms with van der Waals surface area (Å²) in [5, 5.41) is 13.1. The first-order valence-electron chi connectivity index (χ1n) is 3.83. The molecule has 0 aromatic rings. The van der Waals surface area contributed by atoms with Gasteiger partial charge < -0.3 is 5.11 Å². The second-order valence-electron chi connectivity index (χ2n) is 2.82. The molecule has 1 unspecified atom stereocenters. The lowest BCUT2D eigenvalue weighted by Crippen LogP contribution is -2.31. The fraction of sp³-hybridized carbons (Fsp3) is 0.833. The monoisotopic (exact) mass is 210 g/mol. The molecule has 13 heavy (non-hydrogen) atoms. The van der Waals surface area contributed by atoms with E-state index in [-0.39, 0.29) is 6.54 Å². The highest BCUT2D eigenvalue weighted by molar-refractivity contribution is 7.87. The molecule has 0 saturated heterocycles. The number of carbonyl (C=O) groups is 1. The van der Waals surface area contributed by atoms with E-state index in [1.54, 1.807) is 6.92 Å². The average Bonchev–Trinajstić information content (AvgIpc) is 1.95. The van der Waals surface area contributed by atoms with Gasteiger partial charge in [-0.25, -0.2) is 9.86 Å². The van der Waals surface area contributed by atoms with Crippen molar-refractivity contribution in [1.29, 1.82) is 0 Å². The standard InChI is InChI=1S/C6H14N2O4S/c1-5(6(9)10)3-2-4-8-13(7,11)12/h5,8H,2-4H2,1H3,(H,9,10)(H2,7,11,12). The Bertz CT molecular complexity index is 262. The second-order valence-corrected chi connectivity index (χ2v) is 4.20. The Labute approximate surface area is 77.3 Å². The van der Waals surface area contributed by atoms with E-state index in [1.165, 1.54) is 0 Å². The van der Waals surface area contributed by atoms with Crippen molar-refractivity contribution < 1.29 is 18.3 Å².